The van der Waals surface area contributed by atoms with Crippen LogP contribution in [0.1, 0.15) is 58.8 Å². The Hall–Kier alpha value is -1.26. The van der Waals surface area contributed by atoms with Gasteiger partial charge in [0, 0.05) is 6.04 Å². The molecule has 0 spiro atoms. The fourth-order valence-electron chi connectivity index (χ4n) is 3.77. The molecular weight excluding hydrogens is 254 g/mol. The number of hydrogen-bond donors (Lipinski definition) is 3. The second-order valence-electron chi connectivity index (χ2n) is 6.62. The quantitative estimate of drug-likeness (QED) is 0.321. The van der Waals surface area contributed by atoms with E-state index in [1.807, 2.05) is 0 Å². The Kier molecular flexibility index (Phi) is 4.55. The Balaban J connectivity index is 2.09. The lowest BCUT2D eigenvalue weighted by atomic mass is 9.77. The molecule has 114 valence electrons. The van der Waals surface area contributed by atoms with Crippen LogP contribution in [0.3, 0.4) is 0 Å². The average molecular weight is 281 g/mol. The first kappa shape index (κ1) is 15.1. The molecule has 5 heteroatoms. The van der Waals surface area contributed by atoms with Gasteiger partial charge in [-0.15, -0.1) is 0 Å². The molecule has 1 amide bonds. The van der Waals surface area contributed by atoms with Gasteiger partial charge in [-0.1, -0.05) is 44.7 Å². The van der Waals surface area contributed by atoms with Crippen molar-refractivity contribution in [2.75, 3.05) is 0 Å². The number of nitrogens with one attached hydrogen (secondary N) is 1. The van der Waals surface area contributed by atoms with Crippen LogP contribution in [0.25, 0.3) is 0 Å². The number of carbonyl (C=O) groups excluding carboxylic acids is 1. The minimum atomic E-state index is -0.783. The van der Waals surface area contributed by atoms with Crippen molar-refractivity contribution in [3.05, 3.63) is 0 Å². The molecule has 4 N–H and O–H groups in total. The van der Waals surface area contributed by atoms with Crippen LogP contribution in [-0.4, -0.2) is 23.0 Å². The molecule has 0 heterocycles. The first-order chi connectivity index (χ1) is 9.51. The number of amides is 1. The van der Waals surface area contributed by atoms with Crippen LogP contribution in [0.15, 0.2) is 5.16 Å². The van der Waals surface area contributed by atoms with Crippen LogP contribution >= 0.6 is 0 Å². The Morgan fingerprint density at radius 3 is 2.50 bits per heavy atom. The molecular formula is C15H27N3O2. The number of oxime groups is 1. The lowest BCUT2D eigenvalue weighted by Crippen LogP contribution is -2.53. The fraction of sp³-hybridized carbons (Fsp3) is 0.867. The Bertz CT molecular complexity index is 389. The van der Waals surface area contributed by atoms with Crippen molar-refractivity contribution in [2.45, 2.75) is 64.8 Å². The number of nitrogens with two attached hydrogens (primary N) is 1. The average Bonchev–Trinajstić information content (AvgIpc) is 2.93. The zero-order valence-electron chi connectivity index (χ0n) is 12.6. The third-order valence-electron chi connectivity index (χ3n) is 5.51. The van der Waals surface area contributed by atoms with Gasteiger partial charge in [-0.3, -0.25) is 4.79 Å². The lowest BCUT2D eigenvalue weighted by Gasteiger charge is -2.37. The third kappa shape index (κ3) is 2.63. The predicted molar refractivity (Wildman–Crippen MR) is 78.4 cm³/mol. The van der Waals surface area contributed by atoms with Crippen LogP contribution in [0, 0.1) is 17.3 Å². The molecule has 0 aromatic rings. The van der Waals surface area contributed by atoms with Gasteiger partial charge < -0.3 is 16.3 Å². The summed E-state index contributed by atoms with van der Waals surface area (Å²) < 4.78 is 0. The summed E-state index contributed by atoms with van der Waals surface area (Å²) >= 11 is 0. The number of rotatable bonds is 3. The highest BCUT2D eigenvalue weighted by Crippen LogP contribution is 2.39. The van der Waals surface area contributed by atoms with E-state index in [1.165, 1.54) is 6.42 Å². The fourth-order valence-corrected chi connectivity index (χ4v) is 3.77. The standard InChI is InChI=1S/C15H27N3O2/c1-10-6-5-7-12(11(10)2)17-14(19)15(13(16)18-20)8-3-4-9-15/h10-12,20H,3-9H2,1-2H3,(H2,16,18)(H,17,19). The maximum Gasteiger partial charge on any atom is 0.234 e. The van der Waals surface area contributed by atoms with Crippen molar-refractivity contribution in [1.82, 2.24) is 5.32 Å². The van der Waals surface area contributed by atoms with E-state index < -0.39 is 5.41 Å². The first-order valence-corrected chi connectivity index (χ1v) is 7.80. The topological polar surface area (TPSA) is 87.7 Å². The molecule has 0 saturated heterocycles. The number of hydrogen-bond acceptors (Lipinski definition) is 3. The highest BCUT2D eigenvalue weighted by molar-refractivity contribution is 6.07. The summed E-state index contributed by atoms with van der Waals surface area (Å²) in [5, 5.41) is 15.3. The number of nitrogens with zero attached hydrogens (tertiary/aromatic N) is 1. The highest BCUT2D eigenvalue weighted by atomic mass is 16.4. The van der Waals surface area contributed by atoms with Crippen molar-refractivity contribution in [3.8, 4) is 0 Å². The van der Waals surface area contributed by atoms with Crippen molar-refractivity contribution in [1.29, 1.82) is 0 Å². The summed E-state index contributed by atoms with van der Waals surface area (Å²) in [7, 11) is 0. The molecule has 2 saturated carbocycles. The molecule has 0 aliphatic heterocycles. The summed E-state index contributed by atoms with van der Waals surface area (Å²) in [6, 6.07) is 0.218. The van der Waals surface area contributed by atoms with Gasteiger partial charge in [-0.2, -0.15) is 0 Å². The molecule has 0 bridgehead atoms. The van der Waals surface area contributed by atoms with Gasteiger partial charge in [0.25, 0.3) is 0 Å². The van der Waals surface area contributed by atoms with Crippen molar-refractivity contribution < 1.29 is 10.0 Å². The molecule has 2 rings (SSSR count). The van der Waals surface area contributed by atoms with E-state index in [1.54, 1.807) is 0 Å². The predicted octanol–water partition coefficient (Wildman–Crippen LogP) is 2.23. The molecule has 5 nitrogen and oxygen atoms in total. The van der Waals surface area contributed by atoms with Gasteiger partial charge in [-0.05, 0) is 31.1 Å². The van der Waals surface area contributed by atoms with E-state index in [9.17, 15) is 4.79 Å². The normalized spacial score (nSPS) is 33.9. The van der Waals surface area contributed by atoms with Crippen molar-refractivity contribution in [3.63, 3.8) is 0 Å². The van der Waals surface area contributed by atoms with E-state index in [2.05, 4.69) is 24.3 Å². The Morgan fingerprint density at radius 1 is 1.25 bits per heavy atom. The Labute approximate surface area is 121 Å². The van der Waals surface area contributed by atoms with Gasteiger partial charge in [0.05, 0.1) is 0 Å². The molecule has 20 heavy (non-hydrogen) atoms. The van der Waals surface area contributed by atoms with E-state index in [0.717, 1.165) is 25.7 Å². The summed E-state index contributed by atoms with van der Waals surface area (Å²) in [4.78, 5) is 12.7. The molecule has 0 radical (unpaired) electrons. The first-order valence-electron chi connectivity index (χ1n) is 7.80. The summed E-state index contributed by atoms with van der Waals surface area (Å²) in [6.07, 6.45) is 6.72. The van der Waals surface area contributed by atoms with Crippen molar-refractivity contribution >= 4 is 11.7 Å². The van der Waals surface area contributed by atoms with Crippen LogP contribution in [0.4, 0.5) is 0 Å². The number of amidine groups is 1. The Morgan fingerprint density at radius 2 is 1.90 bits per heavy atom. The van der Waals surface area contributed by atoms with E-state index in [0.29, 0.717) is 24.7 Å². The van der Waals surface area contributed by atoms with E-state index in [-0.39, 0.29) is 17.8 Å². The molecule has 3 atom stereocenters. The van der Waals surface area contributed by atoms with Gasteiger partial charge >= 0.3 is 0 Å². The van der Waals surface area contributed by atoms with Crippen LogP contribution in [0.5, 0.6) is 0 Å². The minimum absolute atomic E-state index is 0.0451. The van der Waals surface area contributed by atoms with Crippen molar-refractivity contribution in [2.24, 2.45) is 28.1 Å². The van der Waals surface area contributed by atoms with Crippen LogP contribution in [0.2, 0.25) is 0 Å². The SMILES string of the molecule is CC1CCCC(NC(=O)C2(C(N)=NO)CCCC2)C1C. The summed E-state index contributed by atoms with van der Waals surface area (Å²) in [6.45, 7) is 4.46. The molecule has 0 aromatic carbocycles. The largest absolute Gasteiger partial charge is 0.409 e. The monoisotopic (exact) mass is 281 g/mol. The van der Waals surface area contributed by atoms with Crippen LogP contribution in [-0.2, 0) is 4.79 Å². The van der Waals surface area contributed by atoms with Gasteiger partial charge in [0.15, 0.2) is 5.84 Å². The van der Waals surface area contributed by atoms with E-state index >= 15 is 0 Å². The number of carbonyl (C=O) groups is 1. The zero-order valence-corrected chi connectivity index (χ0v) is 12.6. The smallest absolute Gasteiger partial charge is 0.234 e. The van der Waals surface area contributed by atoms with E-state index in [4.69, 9.17) is 10.9 Å². The maximum absolute atomic E-state index is 12.7. The second kappa shape index (κ2) is 6.02. The molecule has 2 aliphatic rings. The molecule has 2 fully saturated rings. The lowest BCUT2D eigenvalue weighted by molar-refractivity contribution is -0.129. The second-order valence-corrected chi connectivity index (χ2v) is 6.62. The highest BCUT2D eigenvalue weighted by Gasteiger charge is 2.46. The summed E-state index contributed by atoms with van der Waals surface area (Å²) in [5.41, 5.74) is 5.04. The molecule has 3 unspecified atom stereocenters. The molecule has 0 aromatic heterocycles. The molecule has 2 aliphatic carbocycles. The third-order valence-corrected chi connectivity index (χ3v) is 5.51. The minimum Gasteiger partial charge on any atom is -0.409 e. The zero-order chi connectivity index (χ0) is 14.8. The van der Waals surface area contributed by atoms with Gasteiger partial charge in [-0.25, -0.2) is 0 Å². The maximum atomic E-state index is 12.7. The van der Waals surface area contributed by atoms with Crippen LogP contribution < -0.4 is 11.1 Å². The van der Waals surface area contributed by atoms with Gasteiger partial charge in [0.2, 0.25) is 5.91 Å². The summed E-state index contributed by atoms with van der Waals surface area (Å²) in [5.74, 6) is 1.15. The van der Waals surface area contributed by atoms with Gasteiger partial charge in [0.1, 0.15) is 5.41 Å².